The molecule has 2 N–H and O–H groups in total. The second kappa shape index (κ2) is 2.86. The first-order valence-electron chi connectivity index (χ1n) is 3.66. The number of rotatable bonds is 1. The molecule has 10 heavy (non-hydrogen) atoms. The molecule has 2 nitrogen and oxygen atoms in total. The Morgan fingerprint density at radius 2 is 2.10 bits per heavy atom. The first-order chi connectivity index (χ1) is 4.72. The summed E-state index contributed by atoms with van der Waals surface area (Å²) in [4.78, 5) is 10.8. The van der Waals surface area contributed by atoms with Crippen molar-refractivity contribution in [3.63, 3.8) is 0 Å². The van der Waals surface area contributed by atoms with Crippen LogP contribution < -0.4 is 5.73 Å². The van der Waals surface area contributed by atoms with Gasteiger partial charge in [-0.1, -0.05) is 19.1 Å². The van der Waals surface area contributed by atoms with Gasteiger partial charge in [0.05, 0.1) is 0 Å². The van der Waals surface area contributed by atoms with Gasteiger partial charge >= 0.3 is 0 Å². The Kier molecular flexibility index (Phi) is 2.10. The van der Waals surface area contributed by atoms with Crippen LogP contribution >= 0.6 is 0 Å². The van der Waals surface area contributed by atoms with E-state index in [1.807, 2.05) is 6.08 Å². The molecule has 2 heteroatoms. The number of carbonyl (C=O) groups excluding carboxylic acids is 1. The van der Waals surface area contributed by atoms with Crippen LogP contribution in [0.2, 0.25) is 0 Å². The predicted octanol–water partition coefficient (Wildman–Crippen LogP) is 1.07. The SMILES string of the molecule is C[C@@H]1CC=CC[C@@H]1C(N)=O. The molecule has 0 bridgehead atoms. The largest absolute Gasteiger partial charge is 0.369 e. The Labute approximate surface area is 61.1 Å². The van der Waals surface area contributed by atoms with Crippen LogP contribution in [-0.2, 0) is 4.79 Å². The number of amides is 1. The zero-order valence-corrected chi connectivity index (χ0v) is 6.21. The van der Waals surface area contributed by atoms with Gasteiger partial charge in [0, 0.05) is 5.92 Å². The molecular formula is C8H13NO. The van der Waals surface area contributed by atoms with Crippen LogP contribution in [0, 0.1) is 11.8 Å². The number of carbonyl (C=O) groups is 1. The second-order valence-electron chi connectivity index (χ2n) is 2.93. The summed E-state index contributed by atoms with van der Waals surface area (Å²) in [5, 5.41) is 0. The van der Waals surface area contributed by atoms with E-state index in [0.717, 1.165) is 12.8 Å². The molecule has 1 amide bonds. The molecule has 0 radical (unpaired) electrons. The van der Waals surface area contributed by atoms with Crippen molar-refractivity contribution in [2.75, 3.05) is 0 Å². The van der Waals surface area contributed by atoms with Crippen LogP contribution in [-0.4, -0.2) is 5.91 Å². The molecule has 1 rings (SSSR count). The van der Waals surface area contributed by atoms with E-state index >= 15 is 0 Å². The molecule has 0 saturated carbocycles. The van der Waals surface area contributed by atoms with Gasteiger partial charge < -0.3 is 5.73 Å². The maximum absolute atomic E-state index is 10.8. The van der Waals surface area contributed by atoms with Crippen molar-refractivity contribution in [3.05, 3.63) is 12.2 Å². The summed E-state index contributed by atoms with van der Waals surface area (Å²) >= 11 is 0. The summed E-state index contributed by atoms with van der Waals surface area (Å²) in [5.74, 6) is 0.351. The van der Waals surface area contributed by atoms with Gasteiger partial charge in [-0.2, -0.15) is 0 Å². The van der Waals surface area contributed by atoms with E-state index < -0.39 is 0 Å². The molecule has 0 aliphatic heterocycles. The zero-order valence-electron chi connectivity index (χ0n) is 6.21. The van der Waals surface area contributed by atoms with Crippen LogP contribution in [0.3, 0.4) is 0 Å². The maximum atomic E-state index is 10.8. The summed E-state index contributed by atoms with van der Waals surface area (Å²) in [6, 6.07) is 0. The summed E-state index contributed by atoms with van der Waals surface area (Å²) in [6.07, 6.45) is 5.98. The van der Waals surface area contributed by atoms with Gasteiger partial charge in [-0.3, -0.25) is 4.79 Å². The lowest BCUT2D eigenvalue weighted by atomic mass is 9.84. The standard InChI is InChI=1S/C8H13NO/c1-6-4-2-3-5-7(6)8(9)10/h2-3,6-7H,4-5H2,1H3,(H2,9,10)/t6-,7+/m1/s1. The van der Waals surface area contributed by atoms with E-state index in [0.29, 0.717) is 5.92 Å². The van der Waals surface area contributed by atoms with Gasteiger partial charge in [-0.25, -0.2) is 0 Å². The van der Waals surface area contributed by atoms with E-state index in [4.69, 9.17) is 5.73 Å². The first kappa shape index (κ1) is 7.32. The van der Waals surface area contributed by atoms with Crippen molar-refractivity contribution in [1.82, 2.24) is 0 Å². The molecule has 0 spiro atoms. The fraction of sp³-hybridized carbons (Fsp3) is 0.625. The van der Waals surface area contributed by atoms with E-state index in [2.05, 4.69) is 13.0 Å². The molecule has 1 aliphatic rings. The number of nitrogens with two attached hydrogens (primary N) is 1. The highest BCUT2D eigenvalue weighted by Gasteiger charge is 2.22. The van der Waals surface area contributed by atoms with Crippen LogP contribution in [0.15, 0.2) is 12.2 Å². The second-order valence-corrected chi connectivity index (χ2v) is 2.93. The Balaban J connectivity index is 2.59. The van der Waals surface area contributed by atoms with E-state index in [1.54, 1.807) is 0 Å². The van der Waals surface area contributed by atoms with Crippen molar-refractivity contribution in [1.29, 1.82) is 0 Å². The van der Waals surface area contributed by atoms with Gasteiger partial charge in [-0.15, -0.1) is 0 Å². The third-order valence-electron chi connectivity index (χ3n) is 2.12. The minimum absolute atomic E-state index is 0.0741. The highest BCUT2D eigenvalue weighted by molar-refractivity contribution is 5.77. The summed E-state index contributed by atoms with van der Waals surface area (Å²) in [7, 11) is 0. The van der Waals surface area contributed by atoms with Crippen LogP contribution in [0.1, 0.15) is 19.8 Å². The molecule has 0 fully saturated rings. The molecule has 0 unspecified atom stereocenters. The first-order valence-corrected chi connectivity index (χ1v) is 3.66. The summed E-state index contributed by atoms with van der Waals surface area (Å²) in [6.45, 7) is 2.07. The lowest BCUT2D eigenvalue weighted by Gasteiger charge is -2.21. The fourth-order valence-electron chi connectivity index (χ4n) is 1.35. The Morgan fingerprint density at radius 3 is 2.50 bits per heavy atom. The molecule has 0 aromatic rings. The highest BCUT2D eigenvalue weighted by Crippen LogP contribution is 2.23. The molecule has 0 aromatic carbocycles. The van der Waals surface area contributed by atoms with Gasteiger partial charge in [0.25, 0.3) is 0 Å². The van der Waals surface area contributed by atoms with Crippen molar-refractivity contribution >= 4 is 5.91 Å². The number of primary amides is 1. The van der Waals surface area contributed by atoms with Crippen molar-refractivity contribution in [2.24, 2.45) is 17.6 Å². The third kappa shape index (κ3) is 1.38. The highest BCUT2D eigenvalue weighted by atomic mass is 16.1. The fourth-order valence-corrected chi connectivity index (χ4v) is 1.35. The number of hydrogen-bond donors (Lipinski definition) is 1. The Hall–Kier alpha value is -0.790. The summed E-state index contributed by atoms with van der Waals surface area (Å²) in [5.41, 5.74) is 5.18. The van der Waals surface area contributed by atoms with E-state index in [-0.39, 0.29) is 11.8 Å². The molecule has 0 saturated heterocycles. The predicted molar refractivity (Wildman–Crippen MR) is 40.2 cm³/mol. The van der Waals surface area contributed by atoms with E-state index in [9.17, 15) is 4.79 Å². The van der Waals surface area contributed by atoms with Gasteiger partial charge in [0.2, 0.25) is 5.91 Å². The van der Waals surface area contributed by atoms with Crippen LogP contribution in [0.5, 0.6) is 0 Å². The maximum Gasteiger partial charge on any atom is 0.221 e. The minimum Gasteiger partial charge on any atom is -0.369 e. The Morgan fingerprint density at radius 1 is 1.50 bits per heavy atom. The topological polar surface area (TPSA) is 43.1 Å². The van der Waals surface area contributed by atoms with Crippen molar-refractivity contribution < 1.29 is 4.79 Å². The van der Waals surface area contributed by atoms with Crippen LogP contribution in [0.4, 0.5) is 0 Å². The van der Waals surface area contributed by atoms with Gasteiger partial charge in [0.15, 0.2) is 0 Å². The zero-order chi connectivity index (χ0) is 7.56. The minimum atomic E-state index is -0.156. The summed E-state index contributed by atoms with van der Waals surface area (Å²) < 4.78 is 0. The molecular weight excluding hydrogens is 126 g/mol. The van der Waals surface area contributed by atoms with Gasteiger partial charge in [-0.05, 0) is 18.8 Å². The molecule has 2 atom stereocenters. The van der Waals surface area contributed by atoms with Crippen molar-refractivity contribution in [2.45, 2.75) is 19.8 Å². The molecule has 56 valence electrons. The molecule has 0 heterocycles. The smallest absolute Gasteiger partial charge is 0.221 e. The van der Waals surface area contributed by atoms with Crippen molar-refractivity contribution in [3.8, 4) is 0 Å². The molecule has 1 aliphatic carbocycles. The lowest BCUT2D eigenvalue weighted by Crippen LogP contribution is -2.29. The normalized spacial score (nSPS) is 32.1. The van der Waals surface area contributed by atoms with Gasteiger partial charge in [0.1, 0.15) is 0 Å². The third-order valence-corrected chi connectivity index (χ3v) is 2.12. The monoisotopic (exact) mass is 139 g/mol. The molecule has 0 aromatic heterocycles. The average Bonchev–Trinajstić information content (AvgIpc) is 1.88. The van der Waals surface area contributed by atoms with E-state index in [1.165, 1.54) is 0 Å². The Bertz CT molecular complexity index is 163. The van der Waals surface area contributed by atoms with Crippen LogP contribution in [0.25, 0.3) is 0 Å². The number of hydrogen-bond acceptors (Lipinski definition) is 1. The average molecular weight is 139 g/mol. The lowest BCUT2D eigenvalue weighted by molar-refractivity contribution is -0.123. The number of allylic oxidation sites excluding steroid dienone is 2. The quantitative estimate of drug-likeness (QED) is 0.542.